The van der Waals surface area contributed by atoms with Crippen LogP contribution in [0.4, 0.5) is 5.69 Å². The second-order valence-corrected chi connectivity index (χ2v) is 4.98. The molecule has 3 rings (SSSR count). The van der Waals surface area contributed by atoms with Crippen LogP contribution in [0.15, 0.2) is 34.9 Å². The molecule has 102 valence electrons. The first-order chi connectivity index (χ1) is 9.65. The number of hydrogen-bond acceptors (Lipinski definition) is 4. The molecule has 0 aliphatic heterocycles. The zero-order chi connectivity index (χ0) is 14.1. The smallest absolute Gasteiger partial charge is 0.138 e. The lowest BCUT2D eigenvalue weighted by molar-refractivity contribution is 0.392. The summed E-state index contributed by atoms with van der Waals surface area (Å²) < 4.78 is 5.19. The van der Waals surface area contributed by atoms with Crippen LogP contribution in [0.5, 0.6) is 0 Å². The van der Waals surface area contributed by atoms with Crippen molar-refractivity contribution in [3.63, 3.8) is 0 Å². The highest BCUT2D eigenvalue weighted by atomic mass is 16.5. The van der Waals surface area contributed by atoms with Crippen molar-refractivity contribution in [2.24, 2.45) is 0 Å². The lowest BCUT2D eigenvalue weighted by Crippen LogP contribution is -2.03. The Morgan fingerprint density at radius 3 is 2.70 bits per heavy atom. The molecule has 2 aromatic heterocycles. The van der Waals surface area contributed by atoms with Crippen LogP contribution >= 0.6 is 0 Å². The van der Waals surface area contributed by atoms with Crippen LogP contribution in [0.3, 0.4) is 0 Å². The number of para-hydroxylation sites is 1. The Kier molecular flexibility index (Phi) is 3.14. The van der Waals surface area contributed by atoms with Gasteiger partial charge in [-0.3, -0.25) is 4.98 Å². The second kappa shape index (κ2) is 4.96. The van der Waals surface area contributed by atoms with Gasteiger partial charge in [0, 0.05) is 28.9 Å². The second-order valence-electron chi connectivity index (χ2n) is 4.98. The Labute approximate surface area is 117 Å². The van der Waals surface area contributed by atoms with E-state index in [-0.39, 0.29) is 0 Å². The van der Waals surface area contributed by atoms with Gasteiger partial charge in [-0.2, -0.15) is 0 Å². The van der Waals surface area contributed by atoms with Crippen LogP contribution in [0.25, 0.3) is 10.9 Å². The minimum Gasteiger partial charge on any atom is -0.380 e. The number of nitrogens with one attached hydrogen (secondary N) is 1. The molecule has 0 bridgehead atoms. The van der Waals surface area contributed by atoms with Gasteiger partial charge in [0.2, 0.25) is 0 Å². The lowest BCUT2D eigenvalue weighted by Gasteiger charge is -2.10. The molecule has 1 N–H and O–H groups in total. The summed E-state index contributed by atoms with van der Waals surface area (Å²) in [5, 5.41) is 8.58. The van der Waals surface area contributed by atoms with Crippen molar-refractivity contribution >= 4 is 16.6 Å². The largest absolute Gasteiger partial charge is 0.380 e. The van der Waals surface area contributed by atoms with E-state index in [0.29, 0.717) is 6.54 Å². The number of aromatic nitrogens is 2. The van der Waals surface area contributed by atoms with Gasteiger partial charge < -0.3 is 9.84 Å². The minimum absolute atomic E-state index is 0.703. The number of fused-ring (bicyclic) bond motifs is 1. The molecule has 3 aromatic rings. The van der Waals surface area contributed by atoms with Gasteiger partial charge in [-0.1, -0.05) is 23.4 Å². The highest BCUT2D eigenvalue weighted by Gasteiger charge is 2.09. The predicted octanol–water partition coefficient (Wildman–Crippen LogP) is 3.76. The highest BCUT2D eigenvalue weighted by molar-refractivity contribution is 5.91. The van der Waals surface area contributed by atoms with Crippen molar-refractivity contribution in [1.29, 1.82) is 0 Å². The summed E-state index contributed by atoms with van der Waals surface area (Å²) >= 11 is 0. The van der Waals surface area contributed by atoms with E-state index < -0.39 is 0 Å². The maximum atomic E-state index is 5.19. The summed E-state index contributed by atoms with van der Waals surface area (Å²) in [6, 6.07) is 10.2. The average Bonchev–Trinajstić information content (AvgIpc) is 2.75. The van der Waals surface area contributed by atoms with Gasteiger partial charge in [-0.15, -0.1) is 0 Å². The zero-order valence-corrected chi connectivity index (χ0v) is 11.9. The van der Waals surface area contributed by atoms with Crippen molar-refractivity contribution in [1.82, 2.24) is 10.1 Å². The zero-order valence-electron chi connectivity index (χ0n) is 11.9. The fraction of sp³-hybridized carbons (Fsp3) is 0.250. The molecule has 0 aliphatic carbocycles. The van der Waals surface area contributed by atoms with E-state index in [0.717, 1.165) is 39.3 Å². The Hall–Kier alpha value is -2.36. The van der Waals surface area contributed by atoms with Crippen molar-refractivity contribution < 1.29 is 4.52 Å². The number of aryl methyl sites for hydroxylation is 3. The summed E-state index contributed by atoms with van der Waals surface area (Å²) in [5.74, 6) is 0.866. The van der Waals surface area contributed by atoms with Crippen LogP contribution in [0.1, 0.15) is 22.7 Å². The Morgan fingerprint density at radius 2 is 1.95 bits per heavy atom. The summed E-state index contributed by atoms with van der Waals surface area (Å²) in [6.07, 6.45) is 0. The standard InChI is InChI=1S/C16H17N3O/c1-10-8-16(13-6-4-5-7-15(13)18-10)17-9-14-11(2)19-20-12(14)3/h4-8H,9H2,1-3H3,(H,17,18). The van der Waals surface area contributed by atoms with E-state index in [1.807, 2.05) is 39.0 Å². The Balaban J connectivity index is 1.95. The molecule has 0 fully saturated rings. The average molecular weight is 267 g/mol. The number of rotatable bonds is 3. The van der Waals surface area contributed by atoms with Crippen molar-refractivity contribution in [2.75, 3.05) is 5.32 Å². The predicted molar refractivity (Wildman–Crippen MR) is 79.8 cm³/mol. The van der Waals surface area contributed by atoms with E-state index >= 15 is 0 Å². The number of anilines is 1. The molecule has 20 heavy (non-hydrogen) atoms. The van der Waals surface area contributed by atoms with E-state index in [1.165, 1.54) is 0 Å². The fourth-order valence-corrected chi connectivity index (χ4v) is 2.39. The minimum atomic E-state index is 0.703. The molecule has 0 aliphatic rings. The van der Waals surface area contributed by atoms with E-state index in [9.17, 15) is 0 Å². The van der Waals surface area contributed by atoms with Gasteiger partial charge in [-0.05, 0) is 32.9 Å². The molecular weight excluding hydrogens is 250 g/mol. The molecule has 0 atom stereocenters. The van der Waals surface area contributed by atoms with Crippen LogP contribution in [0.2, 0.25) is 0 Å². The molecule has 0 radical (unpaired) electrons. The first-order valence-electron chi connectivity index (χ1n) is 6.67. The summed E-state index contributed by atoms with van der Waals surface area (Å²) in [4.78, 5) is 4.55. The van der Waals surface area contributed by atoms with Crippen LogP contribution in [0, 0.1) is 20.8 Å². The summed E-state index contributed by atoms with van der Waals surface area (Å²) in [6.45, 7) is 6.61. The topological polar surface area (TPSA) is 51.0 Å². The molecule has 4 nitrogen and oxygen atoms in total. The van der Waals surface area contributed by atoms with Gasteiger partial charge in [0.25, 0.3) is 0 Å². The number of benzene rings is 1. The third-order valence-corrected chi connectivity index (χ3v) is 3.48. The quantitative estimate of drug-likeness (QED) is 0.785. The molecular formula is C16H17N3O. The Morgan fingerprint density at radius 1 is 1.15 bits per heavy atom. The lowest BCUT2D eigenvalue weighted by atomic mass is 10.1. The molecule has 4 heteroatoms. The number of nitrogens with zero attached hydrogens (tertiary/aromatic N) is 2. The van der Waals surface area contributed by atoms with Crippen LogP contribution < -0.4 is 5.32 Å². The molecule has 2 heterocycles. The molecule has 1 aromatic carbocycles. The van der Waals surface area contributed by atoms with Crippen molar-refractivity contribution in [3.05, 3.63) is 53.0 Å². The van der Waals surface area contributed by atoms with Crippen LogP contribution in [-0.4, -0.2) is 10.1 Å². The maximum absolute atomic E-state index is 5.19. The van der Waals surface area contributed by atoms with E-state index in [4.69, 9.17) is 4.52 Å². The summed E-state index contributed by atoms with van der Waals surface area (Å²) in [5.41, 5.74) is 5.15. The third kappa shape index (κ3) is 2.25. The van der Waals surface area contributed by atoms with E-state index in [1.54, 1.807) is 0 Å². The van der Waals surface area contributed by atoms with Gasteiger partial charge in [-0.25, -0.2) is 0 Å². The first-order valence-corrected chi connectivity index (χ1v) is 6.67. The SMILES string of the molecule is Cc1cc(NCc2c(C)noc2C)c2ccccc2n1. The van der Waals surface area contributed by atoms with Crippen molar-refractivity contribution in [2.45, 2.75) is 27.3 Å². The number of hydrogen-bond donors (Lipinski definition) is 1. The molecule has 0 unspecified atom stereocenters. The monoisotopic (exact) mass is 267 g/mol. The highest BCUT2D eigenvalue weighted by Crippen LogP contribution is 2.24. The molecule has 0 saturated heterocycles. The molecule has 0 spiro atoms. The summed E-state index contributed by atoms with van der Waals surface area (Å²) in [7, 11) is 0. The van der Waals surface area contributed by atoms with Gasteiger partial charge >= 0.3 is 0 Å². The normalized spacial score (nSPS) is 10.9. The van der Waals surface area contributed by atoms with Gasteiger partial charge in [0.05, 0.1) is 11.2 Å². The van der Waals surface area contributed by atoms with Gasteiger partial charge in [0.1, 0.15) is 5.76 Å². The molecule has 0 saturated carbocycles. The third-order valence-electron chi connectivity index (χ3n) is 3.48. The first kappa shape index (κ1) is 12.7. The van der Waals surface area contributed by atoms with E-state index in [2.05, 4.69) is 27.6 Å². The maximum Gasteiger partial charge on any atom is 0.138 e. The Bertz CT molecular complexity index is 742. The molecule has 0 amide bonds. The van der Waals surface area contributed by atoms with Crippen molar-refractivity contribution in [3.8, 4) is 0 Å². The van der Waals surface area contributed by atoms with Crippen LogP contribution in [-0.2, 0) is 6.54 Å². The number of pyridine rings is 1. The van der Waals surface area contributed by atoms with Gasteiger partial charge in [0.15, 0.2) is 0 Å². The fourth-order valence-electron chi connectivity index (χ4n) is 2.39.